The van der Waals surface area contributed by atoms with Crippen LogP contribution in [0.25, 0.3) is 0 Å². The topological polar surface area (TPSA) is 43.4 Å². The lowest BCUT2D eigenvalue weighted by atomic mass is 9.95. The Morgan fingerprint density at radius 3 is 2.11 bits per heavy atom. The van der Waals surface area contributed by atoms with Gasteiger partial charge >= 0.3 is 5.97 Å². The zero-order valence-corrected chi connectivity index (χ0v) is 11.2. The van der Waals surface area contributed by atoms with Crippen LogP contribution in [0.1, 0.15) is 31.9 Å². The standard InChI is InChI=1S/C15H20O3/c1-4-12-6-8-13(9-7-12)10-14(11(3)16)15(17)18-5-2/h6-9,14H,4-5,10H2,1-3H3/t14-/m1/s1. The molecule has 0 saturated heterocycles. The molecule has 98 valence electrons. The highest BCUT2D eigenvalue weighted by Gasteiger charge is 2.24. The van der Waals surface area contributed by atoms with E-state index in [2.05, 4.69) is 6.92 Å². The maximum atomic E-state index is 11.7. The smallest absolute Gasteiger partial charge is 0.316 e. The number of carbonyl (C=O) groups is 2. The molecule has 0 N–H and O–H groups in total. The molecular weight excluding hydrogens is 228 g/mol. The van der Waals surface area contributed by atoms with Gasteiger partial charge in [0.15, 0.2) is 0 Å². The summed E-state index contributed by atoms with van der Waals surface area (Å²) >= 11 is 0. The molecule has 0 unspecified atom stereocenters. The predicted octanol–water partition coefficient (Wildman–Crippen LogP) is 2.56. The van der Waals surface area contributed by atoms with E-state index in [-0.39, 0.29) is 5.78 Å². The van der Waals surface area contributed by atoms with Crippen LogP contribution in [0.4, 0.5) is 0 Å². The van der Waals surface area contributed by atoms with Crippen LogP contribution >= 0.6 is 0 Å². The van der Waals surface area contributed by atoms with Crippen molar-refractivity contribution in [2.45, 2.75) is 33.6 Å². The predicted molar refractivity (Wildman–Crippen MR) is 70.3 cm³/mol. The van der Waals surface area contributed by atoms with Crippen molar-refractivity contribution in [3.63, 3.8) is 0 Å². The molecule has 0 fully saturated rings. The molecule has 3 heteroatoms. The minimum atomic E-state index is -0.683. The molecule has 0 bridgehead atoms. The van der Waals surface area contributed by atoms with E-state index in [9.17, 15) is 9.59 Å². The lowest BCUT2D eigenvalue weighted by molar-refractivity contribution is -0.151. The number of aryl methyl sites for hydroxylation is 1. The summed E-state index contributed by atoms with van der Waals surface area (Å²) in [7, 11) is 0. The third kappa shape index (κ3) is 3.99. The van der Waals surface area contributed by atoms with Gasteiger partial charge in [0.25, 0.3) is 0 Å². The van der Waals surface area contributed by atoms with Gasteiger partial charge < -0.3 is 4.74 Å². The summed E-state index contributed by atoms with van der Waals surface area (Å²) in [5, 5.41) is 0. The highest BCUT2D eigenvalue weighted by molar-refractivity contribution is 5.97. The van der Waals surface area contributed by atoms with Crippen LogP contribution < -0.4 is 0 Å². The highest BCUT2D eigenvalue weighted by atomic mass is 16.5. The van der Waals surface area contributed by atoms with E-state index < -0.39 is 11.9 Å². The second-order valence-electron chi connectivity index (χ2n) is 4.29. The first-order valence-corrected chi connectivity index (χ1v) is 6.33. The maximum absolute atomic E-state index is 11.7. The Hall–Kier alpha value is -1.64. The molecule has 3 nitrogen and oxygen atoms in total. The first kappa shape index (κ1) is 14.4. The van der Waals surface area contributed by atoms with Gasteiger partial charge in [0.05, 0.1) is 6.61 Å². The summed E-state index contributed by atoms with van der Waals surface area (Å²) in [5.74, 6) is -1.25. The van der Waals surface area contributed by atoms with Crippen LogP contribution in [0.15, 0.2) is 24.3 Å². The normalized spacial score (nSPS) is 11.9. The summed E-state index contributed by atoms with van der Waals surface area (Å²) in [4.78, 5) is 23.2. The van der Waals surface area contributed by atoms with E-state index in [4.69, 9.17) is 4.74 Å². The largest absolute Gasteiger partial charge is 0.465 e. The molecule has 1 rings (SSSR count). The van der Waals surface area contributed by atoms with Crippen LogP contribution in [0.2, 0.25) is 0 Å². The Kier molecular flexibility index (Phi) is 5.56. The van der Waals surface area contributed by atoms with Crippen molar-refractivity contribution >= 4 is 11.8 Å². The molecule has 1 aromatic rings. The average Bonchev–Trinajstić information content (AvgIpc) is 2.36. The molecule has 0 aliphatic heterocycles. The molecule has 0 aromatic heterocycles. The Morgan fingerprint density at radius 2 is 1.67 bits per heavy atom. The van der Waals surface area contributed by atoms with Gasteiger partial charge in [-0.25, -0.2) is 0 Å². The number of rotatable bonds is 6. The fraction of sp³-hybridized carbons (Fsp3) is 0.467. The Balaban J connectivity index is 2.76. The summed E-state index contributed by atoms with van der Waals surface area (Å²) in [6.07, 6.45) is 1.40. The molecule has 0 radical (unpaired) electrons. The van der Waals surface area contributed by atoms with Crippen LogP contribution in [0.5, 0.6) is 0 Å². The molecule has 0 spiro atoms. The lowest BCUT2D eigenvalue weighted by Gasteiger charge is -2.12. The van der Waals surface area contributed by atoms with Crippen molar-refractivity contribution in [3.8, 4) is 0 Å². The van der Waals surface area contributed by atoms with Gasteiger partial charge in [0, 0.05) is 0 Å². The molecule has 1 atom stereocenters. The zero-order valence-electron chi connectivity index (χ0n) is 11.2. The second kappa shape index (κ2) is 6.94. The monoisotopic (exact) mass is 248 g/mol. The first-order chi connectivity index (χ1) is 8.58. The van der Waals surface area contributed by atoms with Crippen LogP contribution in [0.3, 0.4) is 0 Å². The van der Waals surface area contributed by atoms with E-state index in [1.165, 1.54) is 12.5 Å². The van der Waals surface area contributed by atoms with E-state index in [0.29, 0.717) is 13.0 Å². The van der Waals surface area contributed by atoms with Gasteiger partial charge in [-0.15, -0.1) is 0 Å². The number of benzene rings is 1. The van der Waals surface area contributed by atoms with Gasteiger partial charge in [-0.05, 0) is 37.8 Å². The maximum Gasteiger partial charge on any atom is 0.316 e. The van der Waals surface area contributed by atoms with Gasteiger partial charge in [-0.1, -0.05) is 31.2 Å². The molecule has 0 saturated carbocycles. The fourth-order valence-corrected chi connectivity index (χ4v) is 1.78. The Labute approximate surface area is 108 Å². The summed E-state index contributed by atoms with van der Waals surface area (Å²) in [5.41, 5.74) is 2.23. The third-order valence-electron chi connectivity index (χ3n) is 2.93. The van der Waals surface area contributed by atoms with E-state index in [1.54, 1.807) is 6.92 Å². The minimum Gasteiger partial charge on any atom is -0.465 e. The molecule has 0 amide bonds. The lowest BCUT2D eigenvalue weighted by Crippen LogP contribution is -2.26. The van der Waals surface area contributed by atoms with E-state index in [0.717, 1.165) is 12.0 Å². The highest BCUT2D eigenvalue weighted by Crippen LogP contribution is 2.13. The molecule has 0 aliphatic rings. The molecular formula is C15H20O3. The summed E-state index contributed by atoms with van der Waals surface area (Å²) in [6.45, 7) is 5.57. The van der Waals surface area contributed by atoms with Gasteiger partial charge in [-0.2, -0.15) is 0 Å². The average molecular weight is 248 g/mol. The Bertz CT molecular complexity index is 406. The molecule has 0 heterocycles. The first-order valence-electron chi connectivity index (χ1n) is 6.33. The number of hydrogen-bond acceptors (Lipinski definition) is 3. The van der Waals surface area contributed by atoms with E-state index >= 15 is 0 Å². The van der Waals surface area contributed by atoms with Gasteiger partial charge in [0.2, 0.25) is 0 Å². The number of ketones is 1. The van der Waals surface area contributed by atoms with Crippen molar-refractivity contribution < 1.29 is 14.3 Å². The van der Waals surface area contributed by atoms with Crippen LogP contribution in [-0.2, 0) is 27.2 Å². The molecule has 0 aliphatic carbocycles. The van der Waals surface area contributed by atoms with Crippen molar-refractivity contribution in [3.05, 3.63) is 35.4 Å². The number of hydrogen-bond donors (Lipinski definition) is 0. The quantitative estimate of drug-likeness (QED) is 0.574. The van der Waals surface area contributed by atoms with Crippen molar-refractivity contribution in [1.82, 2.24) is 0 Å². The number of esters is 1. The third-order valence-corrected chi connectivity index (χ3v) is 2.93. The Morgan fingerprint density at radius 1 is 1.11 bits per heavy atom. The molecule has 18 heavy (non-hydrogen) atoms. The van der Waals surface area contributed by atoms with Crippen LogP contribution in [0, 0.1) is 5.92 Å². The van der Waals surface area contributed by atoms with Crippen LogP contribution in [-0.4, -0.2) is 18.4 Å². The van der Waals surface area contributed by atoms with Gasteiger partial charge in [0.1, 0.15) is 11.7 Å². The minimum absolute atomic E-state index is 0.145. The van der Waals surface area contributed by atoms with Gasteiger partial charge in [-0.3, -0.25) is 9.59 Å². The number of carbonyl (C=O) groups excluding carboxylic acids is 2. The molecule has 1 aromatic carbocycles. The number of ether oxygens (including phenoxy) is 1. The zero-order chi connectivity index (χ0) is 13.5. The van der Waals surface area contributed by atoms with Crippen molar-refractivity contribution in [2.75, 3.05) is 6.61 Å². The summed E-state index contributed by atoms with van der Waals surface area (Å²) in [6, 6.07) is 7.98. The fourth-order valence-electron chi connectivity index (χ4n) is 1.78. The SMILES string of the molecule is CCOC(=O)[C@H](Cc1ccc(CC)cc1)C(C)=O. The summed E-state index contributed by atoms with van der Waals surface area (Å²) < 4.78 is 4.92. The van der Waals surface area contributed by atoms with E-state index in [1.807, 2.05) is 24.3 Å². The number of Topliss-reactive ketones (excluding diaryl/α,β-unsaturated/α-hetero) is 1. The van der Waals surface area contributed by atoms with Crippen molar-refractivity contribution in [1.29, 1.82) is 0 Å². The van der Waals surface area contributed by atoms with Crippen molar-refractivity contribution in [2.24, 2.45) is 5.92 Å². The second-order valence-corrected chi connectivity index (χ2v) is 4.29.